The van der Waals surface area contributed by atoms with Gasteiger partial charge in [0.25, 0.3) is 0 Å². The highest BCUT2D eigenvalue weighted by Crippen LogP contribution is 2.18. The monoisotopic (exact) mass is 240 g/mol. The molecule has 6 nitrogen and oxygen atoms in total. The van der Waals surface area contributed by atoms with Crippen LogP contribution < -0.4 is 5.32 Å². The van der Waals surface area contributed by atoms with E-state index < -0.39 is 5.79 Å². The van der Waals surface area contributed by atoms with Crippen molar-refractivity contribution in [1.29, 1.82) is 0 Å². The van der Waals surface area contributed by atoms with Crippen molar-refractivity contribution in [3.8, 4) is 0 Å². The normalized spacial score (nSPS) is 22.6. The molecule has 0 saturated carbocycles. The lowest BCUT2D eigenvalue weighted by Crippen LogP contribution is -2.49. The smallest absolute Gasteiger partial charge is 0.162 e. The maximum Gasteiger partial charge on any atom is 0.162 e. The molecule has 1 atom stereocenters. The van der Waals surface area contributed by atoms with Gasteiger partial charge in [0.05, 0.1) is 25.3 Å². The summed E-state index contributed by atoms with van der Waals surface area (Å²) in [7, 11) is 1.94. The number of nitrogens with one attached hydrogen (secondary N) is 1. The molecule has 1 N–H and O–H groups in total. The van der Waals surface area contributed by atoms with Crippen molar-refractivity contribution >= 4 is 0 Å². The van der Waals surface area contributed by atoms with Crippen molar-refractivity contribution in [2.75, 3.05) is 13.2 Å². The molecular weight excluding hydrogens is 220 g/mol. The number of aryl methyl sites for hydroxylation is 1. The summed E-state index contributed by atoms with van der Waals surface area (Å²) in [5, 5.41) is 11.4. The molecule has 0 aromatic carbocycles. The largest absolute Gasteiger partial charge is 0.349 e. The molecule has 1 aliphatic rings. The molecule has 1 aromatic rings. The zero-order valence-corrected chi connectivity index (χ0v) is 10.8. The van der Waals surface area contributed by atoms with Gasteiger partial charge >= 0.3 is 0 Å². The van der Waals surface area contributed by atoms with Gasteiger partial charge in [-0.05, 0) is 20.8 Å². The minimum atomic E-state index is -0.466. The van der Waals surface area contributed by atoms with Gasteiger partial charge in [0.1, 0.15) is 12.2 Å². The van der Waals surface area contributed by atoms with E-state index >= 15 is 0 Å². The van der Waals surface area contributed by atoms with E-state index in [1.807, 2.05) is 25.5 Å². The quantitative estimate of drug-likeness (QED) is 0.839. The molecule has 1 aliphatic heterocycles. The first-order valence-corrected chi connectivity index (χ1v) is 5.86. The third kappa shape index (κ3) is 3.02. The summed E-state index contributed by atoms with van der Waals surface area (Å²) in [6.45, 7) is 7.21. The van der Waals surface area contributed by atoms with Gasteiger partial charge in [-0.1, -0.05) is 0 Å². The molecule has 0 aliphatic carbocycles. The van der Waals surface area contributed by atoms with Gasteiger partial charge in [0, 0.05) is 7.05 Å². The molecule has 1 unspecified atom stereocenters. The van der Waals surface area contributed by atoms with Crippen LogP contribution in [0, 0.1) is 0 Å². The average molecular weight is 240 g/mol. The lowest BCUT2D eigenvalue weighted by molar-refractivity contribution is -0.253. The van der Waals surface area contributed by atoms with Gasteiger partial charge in [-0.3, -0.25) is 0 Å². The van der Waals surface area contributed by atoms with E-state index in [4.69, 9.17) is 9.47 Å². The summed E-state index contributed by atoms with van der Waals surface area (Å²) in [6.07, 6.45) is 1.70. The highest BCUT2D eigenvalue weighted by Gasteiger charge is 2.29. The summed E-state index contributed by atoms with van der Waals surface area (Å²) in [6, 6.07) is 0.315. The number of nitrogens with zero attached hydrogens (tertiary/aromatic N) is 3. The van der Waals surface area contributed by atoms with Crippen LogP contribution in [0.15, 0.2) is 6.33 Å². The summed E-state index contributed by atoms with van der Waals surface area (Å²) in [5.41, 5.74) is 0. The van der Waals surface area contributed by atoms with Crippen molar-refractivity contribution in [2.45, 2.75) is 38.6 Å². The Kier molecular flexibility index (Phi) is 3.46. The van der Waals surface area contributed by atoms with E-state index in [-0.39, 0.29) is 12.1 Å². The SMILES string of the molecule is CC(NC1COC(C)(C)OC1)c1nncn1C. The zero-order chi connectivity index (χ0) is 12.5. The molecule has 17 heavy (non-hydrogen) atoms. The fourth-order valence-electron chi connectivity index (χ4n) is 1.90. The third-order valence-electron chi connectivity index (χ3n) is 2.88. The number of hydrogen-bond acceptors (Lipinski definition) is 5. The Morgan fingerprint density at radius 3 is 2.65 bits per heavy atom. The maximum absolute atomic E-state index is 5.60. The van der Waals surface area contributed by atoms with Crippen molar-refractivity contribution in [1.82, 2.24) is 20.1 Å². The van der Waals surface area contributed by atoms with E-state index in [0.29, 0.717) is 13.2 Å². The first-order chi connectivity index (χ1) is 7.98. The van der Waals surface area contributed by atoms with Gasteiger partial charge in [-0.25, -0.2) is 0 Å². The van der Waals surface area contributed by atoms with Crippen LogP contribution in [0.3, 0.4) is 0 Å². The molecule has 0 radical (unpaired) electrons. The summed E-state index contributed by atoms with van der Waals surface area (Å²) < 4.78 is 13.1. The van der Waals surface area contributed by atoms with Gasteiger partial charge in [-0.15, -0.1) is 10.2 Å². The minimum Gasteiger partial charge on any atom is -0.349 e. The number of ether oxygens (including phenoxy) is 2. The fraction of sp³-hybridized carbons (Fsp3) is 0.818. The number of hydrogen-bond donors (Lipinski definition) is 1. The molecule has 1 fully saturated rings. The van der Waals surface area contributed by atoms with Gasteiger partial charge in [0.15, 0.2) is 5.79 Å². The molecule has 1 saturated heterocycles. The van der Waals surface area contributed by atoms with Crippen LogP contribution in [0.4, 0.5) is 0 Å². The first kappa shape index (κ1) is 12.5. The minimum absolute atomic E-state index is 0.126. The molecule has 6 heteroatoms. The molecular formula is C11H20N4O2. The predicted octanol–water partition coefficient (Wildman–Crippen LogP) is 0.617. The van der Waals surface area contributed by atoms with Crippen LogP contribution in [0.2, 0.25) is 0 Å². The number of rotatable bonds is 3. The zero-order valence-electron chi connectivity index (χ0n) is 10.8. The van der Waals surface area contributed by atoms with Crippen LogP contribution in [0.1, 0.15) is 32.6 Å². The Hall–Kier alpha value is -0.980. The van der Waals surface area contributed by atoms with Gasteiger partial charge < -0.3 is 19.4 Å². The summed E-state index contributed by atoms with van der Waals surface area (Å²) >= 11 is 0. The van der Waals surface area contributed by atoms with E-state index in [0.717, 1.165) is 5.82 Å². The predicted molar refractivity (Wildman–Crippen MR) is 62.3 cm³/mol. The summed E-state index contributed by atoms with van der Waals surface area (Å²) in [5.74, 6) is 0.446. The number of aromatic nitrogens is 3. The lowest BCUT2D eigenvalue weighted by atomic mass is 10.2. The third-order valence-corrected chi connectivity index (χ3v) is 2.88. The van der Waals surface area contributed by atoms with E-state index in [2.05, 4.69) is 22.4 Å². The molecule has 96 valence electrons. The van der Waals surface area contributed by atoms with Crippen LogP contribution in [0.5, 0.6) is 0 Å². The van der Waals surface area contributed by atoms with Crippen molar-refractivity contribution in [3.63, 3.8) is 0 Å². The topological polar surface area (TPSA) is 61.2 Å². The molecule has 1 aromatic heterocycles. The fourth-order valence-corrected chi connectivity index (χ4v) is 1.90. The lowest BCUT2D eigenvalue weighted by Gasteiger charge is -2.36. The second-order valence-corrected chi connectivity index (χ2v) is 4.91. The molecule has 2 rings (SSSR count). The van der Waals surface area contributed by atoms with Crippen molar-refractivity contribution in [3.05, 3.63) is 12.2 Å². The Balaban J connectivity index is 1.88. The molecule has 2 heterocycles. The highest BCUT2D eigenvalue weighted by atomic mass is 16.7. The second kappa shape index (κ2) is 4.72. The van der Waals surface area contributed by atoms with E-state index in [9.17, 15) is 0 Å². The van der Waals surface area contributed by atoms with Gasteiger partial charge in [-0.2, -0.15) is 0 Å². The average Bonchev–Trinajstić information content (AvgIpc) is 2.68. The Morgan fingerprint density at radius 1 is 1.47 bits per heavy atom. The molecule has 0 bridgehead atoms. The Morgan fingerprint density at radius 2 is 2.12 bits per heavy atom. The van der Waals surface area contributed by atoms with Crippen LogP contribution in [-0.4, -0.2) is 39.8 Å². The molecule has 0 spiro atoms. The van der Waals surface area contributed by atoms with Crippen LogP contribution >= 0.6 is 0 Å². The Bertz CT molecular complexity index is 367. The van der Waals surface area contributed by atoms with E-state index in [1.165, 1.54) is 0 Å². The van der Waals surface area contributed by atoms with Crippen LogP contribution in [0.25, 0.3) is 0 Å². The van der Waals surface area contributed by atoms with Gasteiger partial charge in [0.2, 0.25) is 0 Å². The highest BCUT2D eigenvalue weighted by molar-refractivity contribution is 4.93. The van der Waals surface area contributed by atoms with Crippen LogP contribution in [-0.2, 0) is 16.5 Å². The Labute approximate surface area is 101 Å². The van der Waals surface area contributed by atoms with E-state index in [1.54, 1.807) is 6.33 Å². The summed E-state index contributed by atoms with van der Waals surface area (Å²) in [4.78, 5) is 0. The van der Waals surface area contributed by atoms with Crippen molar-refractivity contribution < 1.29 is 9.47 Å². The second-order valence-electron chi connectivity index (χ2n) is 4.91. The standard InChI is InChI=1S/C11H20N4O2/c1-8(10-14-12-7-15(10)4)13-9-5-16-11(2,3)17-6-9/h7-9,13H,5-6H2,1-4H3. The molecule has 0 amide bonds. The maximum atomic E-state index is 5.60. The first-order valence-electron chi connectivity index (χ1n) is 5.86. The van der Waals surface area contributed by atoms with Crippen molar-refractivity contribution in [2.24, 2.45) is 7.05 Å².